The van der Waals surface area contributed by atoms with Crippen LogP contribution < -0.4 is 0 Å². The van der Waals surface area contributed by atoms with E-state index in [2.05, 4.69) is 37.9 Å². The fraction of sp³-hybridized carbons (Fsp3) is 0.526. The summed E-state index contributed by atoms with van der Waals surface area (Å²) in [5.74, 6) is 2.12. The van der Waals surface area contributed by atoms with Crippen molar-refractivity contribution < 1.29 is 9.21 Å². The van der Waals surface area contributed by atoms with Crippen LogP contribution in [0.3, 0.4) is 0 Å². The van der Waals surface area contributed by atoms with Crippen molar-refractivity contribution in [3.63, 3.8) is 0 Å². The Morgan fingerprint density at radius 2 is 1.92 bits per heavy atom. The number of rotatable bonds is 4. The van der Waals surface area contributed by atoms with Gasteiger partial charge < -0.3 is 9.32 Å². The molecule has 1 amide bonds. The van der Waals surface area contributed by atoms with Crippen molar-refractivity contribution in [2.24, 2.45) is 11.8 Å². The monoisotopic (exact) mass is 359 g/mol. The van der Waals surface area contributed by atoms with E-state index in [4.69, 9.17) is 4.42 Å². The number of carbonyl (C=O) groups excluding carboxylic acids is 1. The maximum absolute atomic E-state index is 12.4. The first-order valence-electron chi connectivity index (χ1n) is 8.74. The molecule has 134 valence electrons. The number of benzene rings is 1. The van der Waals surface area contributed by atoms with Crippen LogP contribution in [-0.4, -0.2) is 39.8 Å². The van der Waals surface area contributed by atoms with Gasteiger partial charge in [0.2, 0.25) is 11.8 Å². The second-order valence-corrected chi connectivity index (χ2v) is 8.13. The molecule has 6 heteroatoms. The van der Waals surface area contributed by atoms with Crippen molar-refractivity contribution >= 4 is 17.7 Å². The number of aryl methyl sites for hydroxylation is 2. The predicted octanol–water partition coefficient (Wildman–Crippen LogP) is 3.95. The molecule has 1 fully saturated rings. The van der Waals surface area contributed by atoms with Gasteiger partial charge in [-0.05, 0) is 55.4 Å². The lowest BCUT2D eigenvalue weighted by Crippen LogP contribution is -2.43. The highest BCUT2D eigenvalue weighted by Crippen LogP contribution is 2.26. The normalized spacial score (nSPS) is 20.7. The average molecular weight is 359 g/mol. The largest absolute Gasteiger partial charge is 0.411 e. The van der Waals surface area contributed by atoms with Crippen molar-refractivity contribution in [2.45, 2.75) is 39.3 Å². The van der Waals surface area contributed by atoms with E-state index in [9.17, 15) is 4.79 Å². The second-order valence-electron chi connectivity index (χ2n) is 7.21. The van der Waals surface area contributed by atoms with Crippen LogP contribution >= 0.6 is 11.8 Å². The minimum Gasteiger partial charge on any atom is -0.411 e. The molecular formula is C19H25N3O2S. The molecule has 0 spiro atoms. The molecule has 0 N–H and O–H groups in total. The lowest BCUT2D eigenvalue weighted by Gasteiger charge is -2.34. The maximum Gasteiger partial charge on any atom is 0.277 e. The van der Waals surface area contributed by atoms with E-state index in [1.165, 1.54) is 29.3 Å². The van der Waals surface area contributed by atoms with Gasteiger partial charge >= 0.3 is 0 Å². The SMILES string of the molecule is Cc1ccc(-c2nnc(SCC(=O)N3C[C@H](C)C[C@@H](C)C3)o2)cc1C. The fourth-order valence-corrected chi connectivity index (χ4v) is 4.01. The molecule has 0 bridgehead atoms. The summed E-state index contributed by atoms with van der Waals surface area (Å²) in [5, 5.41) is 8.62. The number of piperidine rings is 1. The van der Waals surface area contributed by atoms with Gasteiger partial charge in [-0.15, -0.1) is 10.2 Å². The molecule has 1 aliphatic rings. The van der Waals surface area contributed by atoms with E-state index in [0.29, 0.717) is 28.7 Å². The fourth-order valence-electron chi connectivity index (χ4n) is 3.34. The van der Waals surface area contributed by atoms with Gasteiger partial charge in [-0.25, -0.2) is 0 Å². The highest BCUT2D eigenvalue weighted by Gasteiger charge is 2.25. The molecule has 2 heterocycles. The molecule has 0 saturated carbocycles. The topological polar surface area (TPSA) is 59.2 Å². The molecule has 1 aromatic heterocycles. The van der Waals surface area contributed by atoms with Gasteiger partial charge in [0.1, 0.15) is 0 Å². The second kappa shape index (κ2) is 7.60. The van der Waals surface area contributed by atoms with Gasteiger partial charge in [0.05, 0.1) is 5.75 Å². The number of carbonyl (C=O) groups is 1. The Morgan fingerprint density at radius 1 is 1.20 bits per heavy atom. The van der Waals surface area contributed by atoms with Crippen molar-refractivity contribution in [3.05, 3.63) is 29.3 Å². The molecule has 0 radical (unpaired) electrons. The van der Waals surface area contributed by atoms with Gasteiger partial charge in [-0.1, -0.05) is 31.7 Å². The summed E-state index contributed by atoms with van der Waals surface area (Å²) in [6, 6.07) is 6.06. The Morgan fingerprint density at radius 3 is 2.60 bits per heavy atom. The van der Waals surface area contributed by atoms with Gasteiger partial charge in [-0.2, -0.15) is 0 Å². The molecule has 25 heavy (non-hydrogen) atoms. The first-order valence-corrected chi connectivity index (χ1v) is 9.72. The van der Waals surface area contributed by atoms with E-state index in [1.54, 1.807) is 0 Å². The minimum absolute atomic E-state index is 0.148. The van der Waals surface area contributed by atoms with Crippen molar-refractivity contribution in [2.75, 3.05) is 18.8 Å². The zero-order valence-corrected chi connectivity index (χ0v) is 16.1. The van der Waals surface area contributed by atoms with Gasteiger partial charge in [0, 0.05) is 18.7 Å². The molecule has 5 nitrogen and oxygen atoms in total. The van der Waals surface area contributed by atoms with Crippen LogP contribution in [0.25, 0.3) is 11.5 Å². The maximum atomic E-state index is 12.4. The highest BCUT2D eigenvalue weighted by molar-refractivity contribution is 7.99. The third-order valence-electron chi connectivity index (χ3n) is 4.70. The quantitative estimate of drug-likeness (QED) is 0.774. The van der Waals surface area contributed by atoms with Crippen LogP contribution in [0.4, 0.5) is 0 Å². The van der Waals surface area contributed by atoms with Gasteiger partial charge in [-0.3, -0.25) is 4.79 Å². The van der Waals surface area contributed by atoms with Crippen LogP contribution in [0.2, 0.25) is 0 Å². The number of hydrogen-bond donors (Lipinski definition) is 0. The molecular weight excluding hydrogens is 334 g/mol. The molecule has 0 unspecified atom stereocenters. The zero-order chi connectivity index (χ0) is 18.0. The van der Waals surface area contributed by atoms with Crippen molar-refractivity contribution in [3.8, 4) is 11.5 Å². The number of nitrogens with zero attached hydrogens (tertiary/aromatic N) is 3. The van der Waals surface area contributed by atoms with Crippen LogP contribution in [0.5, 0.6) is 0 Å². The first-order chi connectivity index (χ1) is 11.9. The lowest BCUT2D eigenvalue weighted by molar-refractivity contribution is -0.130. The van der Waals surface area contributed by atoms with E-state index < -0.39 is 0 Å². The number of amides is 1. The molecule has 2 atom stereocenters. The first kappa shape index (κ1) is 18.0. The zero-order valence-electron chi connectivity index (χ0n) is 15.3. The van der Waals surface area contributed by atoms with Crippen LogP contribution in [-0.2, 0) is 4.79 Å². The standard InChI is InChI=1S/C19H25N3O2S/c1-12-7-13(2)10-22(9-12)17(23)11-25-19-21-20-18(24-19)16-6-5-14(3)15(4)8-16/h5-6,8,12-13H,7,9-11H2,1-4H3/t12-,13-/m1/s1. The summed E-state index contributed by atoms with van der Waals surface area (Å²) in [4.78, 5) is 14.4. The predicted molar refractivity (Wildman–Crippen MR) is 99.5 cm³/mol. The number of thioether (sulfide) groups is 1. The van der Waals surface area contributed by atoms with Crippen LogP contribution in [0.15, 0.2) is 27.8 Å². The smallest absolute Gasteiger partial charge is 0.277 e. The Labute approximate surface area is 153 Å². The molecule has 1 aliphatic heterocycles. The molecule has 0 aliphatic carbocycles. The van der Waals surface area contributed by atoms with E-state index >= 15 is 0 Å². The average Bonchev–Trinajstić information content (AvgIpc) is 3.03. The summed E-state index contributed by atoms with van der Waals surface area (Å²) in [7, 11) is 0. The summed E-state index contributed by atoms with van der Waals surface area (Å²) >= 11 is 1.32. The summed E-state index contributed by atoms with van der Waals surface area (Å²) < 4.78 is 5.71. The van der Waals surface area contributed by atoms with Crippen LogP contribution in [0.1, 0.15) is 31.4 Å². The third-order valence-corrected chi connectivity index (χ3v) is 5.50. The van der Waals surface area contributed by atoms with Crippen molar-refractivity contribution in [1.29, 1.82) is 0 Å². The van der Waals surface area contributed by atoms with E-state index in [1.807, 2.05) is 23.1 Å². The number of hydrogen-bond acceptors (Lipinski definition) is 5. The summed E-state index contributed by atoms with van der Waals surface area (Å²) in [5.41, 5.74) is 3.33. The molecule has 3 rings (SSSR count). The number of likely N-dealkylation sites (tertiary alicyclic amines) is 1. The summed E-state index contributed by atoms with van der Waals surface area (Å²) in [6.45, 7) is 10.2. The summed E-state index contributed by atoms with van der Waals surface area (Å²) in [6.07, 6.45) is 1.19. The Balaban J connectivity index is 1.60. The van der Waals surface area contributed by atoms with E-state index in [0.717, 1.165) is 18.7 Å². The Hall–Kier alpha value is -1.82. The molecule has 1 aromatic carbocycles. The van der Waals surface area contributed by atoms with Gasteiger partial charge in [0.15, 0.2) is 0 Å². The molecule has 2 aromatic rings. The third kappa shape index (κ3) is 4.42. The van der Waals surface area contributed by atoms with Gasteiger partial charge in [0.25, 0.3) is 5.22 Å². The molecule has 1 saturated heterocycles. The van der Waals surface area contributed by atoms with Crippen molar-refractivity contribution in [1.82, 2.24) is 15.1 Å². The highest BCUT2D eigenvalue weighted by atomic mass is 32.2. The van der Waals surface area contributed by atoms with E-state index in [-0.39, 0.29) is 5.91 Å². The Bertz CT molecular complexity index is 749. The Kier molecular flexibility index (Phi) is 5.47. The lowest BCUT2D eigenvalue weighted by atomic mass is 9.92. The minimum atomic E-state index is 0.148. The van der Waals surface area contributed by atoms with Crippen LogP contribution in [0, 0.1) is 25.7 Å². The number of aromatic nitrogens is 2.